The molecule has 6 amide bonds. The van der Waals surface area contributed by atoms with Crippen LogP contribution in [-0.4, -0.2) is 99.5 Å². The van der Waals surface area contributed by atoms with E-state index < -0.39 is 29.8 Å². The van der Waals surface area contributed by atoms with Crippen LogP contribution >= 0.6 is 24.4 Å². The highest BCUT2D eigenvalue weighted by molar-refractivity contribution is 8.00. The quantitative estimate of drug-likeness (QED) is 0.308. The van der Waals surface area contributed by atoms with Crippen LogP contribution in [0.4, 0.5) is 0 Å². The SMILES string of the molecule is CC1SCC(N2C(=O)c3ccccc3C2=O)C(=O)N1C.CC=O.CNC(=O)C(CS)N1C(=O)c2ccccc2C1=O. The van der Waals surface area contributed by atoms with Gasteiger partial charge in [0.2, 0.25) is 11.8 Å². The van der Waals surface area contributed by atoms with E-state index in [1.165, 1.54) is 14.0 Å². The molecule has 2 aromatic rings. The van der Waals surface area contributed by atoms with Gasteiger partial charge in [-0.1, -0.05) is 24.3 Å². The Hall–Kier alpha value is -3.97. The number of carbonyl (C=O) groups is 7. The van der Waals surface area contributed by atoms with Crippen LogP contribution in [0.3, 0.4) is 0 Å². The Kier molecular flexibility index (Phi) is 10.5. The van der Waals surface area contributed by atoms with Crippen molar-refractivity contribution in [3.8, 4) is 0 Å². The lowest BCUT2D eigenvalue weighted by Crippen LogP contribution is -2.56. The number of fused-ring (bicyclic) bond motifs is 2. The normalized spacial score (nSPS) is 19.9. The van der Waals surface area contributed by atoms with Crippen molar-refractivity contribution >= 4 is 66.1 Å². The predicted octanol–water partition coefficient (Wildman–Crippen LogP) is 1.73. The summed E-state index contributed by atoms with van der Waals surface area (Å²) in [5, 5.41) is 2.49. The Labute approximate surface area is 247 Å². The second kappa shape index (κ2) is 13.6. The molecule has 11 nitrogen and oxygen atoms in total. The molecule has 5 rings (SSSR count). The molecule has 1 N–H and O–H groups in total. The number of amides is 6. The van der Waals surface area contributed by atoms with E-state index in [1.807, 2.05) is 6.92 Å². The van der Waals surface area contributed by atoms with Gasteiger partial charge in [0.15, 0.2) is 0 Å². The van der Waals surface area contributed by atoms with Gasteiger partial charge < -0.3 is 15.0 Å². The van der Waals surface area contributed by atoms with E-state index in [-0.39, 0.29) is 28.8 Å². The van der Waals surface area contributed by atoms with Crippen LogP contribution < -0.4 is 5.32 Å². The molecule has 3 aliphatic heterocycles. The van der Waals surface area contributed by atoms with Crippen LogP contribution in [0.2, 0.25) is 0 Å². The third-order valence-electron chi connectivity index (χ3n) is 6.67. The molecule has 3 aliphatic rings. The summed E-state index contributed by atoms with van der Waals surface area (Å²) in [4.78, 5) is 85.4. The standard InChI is InChI=1S/C14H14N2O3S.C12H12N2O3S.C2H4O/c1-8-15(2)14(19)11(7-20-8)16-12(17)9-5-3-4-6-10(9)13(16)18;1-13-10(15)9(6-18)14-11(16)7-4-2-3-5-8(7)12(14)17;1-2-3/h3-6,8,11H,7H2,1-2H3;2-5,9,18H,6H2,1H3,(H,13,15);2H,1H3. The number of nitrogens with zero attached hydrogens (tertiary/aromatic N) is 3. The number of hydrogen-bond acceptors (Lipinski definition) is 9. The summed E-state index contributed by atoms with van der Waals surface area (Å²) < 4.78 is 0. The van der Waals surface area contributed by atoms with E-state index in [0.29, 0.717) is 28.0 Å². The van der Waals surface area contributed by atoms with Gasteiger partial charge >= 0.3 is 0 Å². The molecule has 1 fully saturated rings. The van der Waals surface area contributed by atoms with Crippen molar-refractivity contribution in [2.45, 2.75) is 31.3 Å². The van der Waals surface area contributed by atoms with Crippen LogP contribution in [0.25, 0.3) is 0 Å². The van der Waals surface area contributed by atoms with Crippen molar-refractivity contribution in [3.05, 3.63) is 70.8 Å². The van der Waals surface area contributed by atoms with Gasteiger partial charge in [0.25, 0.3) is 23.6 Å². The number of nitrogens with one attached hydrogen (secondary N) is 1. The zero-order chi connectivity index (χ0) is 30.4. The maximum absolute atomic E-state index is 12.4. The lowest BCUT2D eigenvalue weighted by atomic mass is 10.1. The summed E-state index contributed by atoms with van der Waals surface area (Å²) >= 11 is 5.60. The Balaban J connectivity index is 0.000000207. The van der Waals surface area contributed by atoms with Gasteiger partial charge in [-0.2, -0.15) is 12.6 Å². The molecule has 0 bridgehead atoms. The molecule has 3 atom stereocenters. The summed E-state index contributed by atoms with van der Waals surface area (Å²) in [7, 11) is 3.15. The first-order valence-electron chi connectivity index (χ1n) is 12.6. The molecule has 2 aromatic carbocycles. The molecule has 41 heavy (non-hydrogen) atoms. The minimum Gasteiger partial charge on any atom is -0.357 e. The highest BCUT2D eigenvalue weighted by Gasteiger charge is 2.46. The number of likely N-dealkylation sites (N-methyl/N-ethyl adjacent to an activating group) is 2. The first-order valence-corrected chi connectivity index (χ1v) is 14.3. The summed E-state index contributed by atoms with van der Waals surface area (Å²) in [5.41, 5.74) is 1.43. The largest absolute Gasteiger partial charge is 0.357 e. The number of hydrogen-bond donors (Lipinski definition) is 2. The van der Waals surface area contributed by atoms with Gasteiger partial charge in [0.05, 0.1) is 27.6 Å². The molecule has 3 heterocycles. The predicted molar refractivity (Wildman–Crippen MR) is 156 cm³/mol. The van der Waals surface area contributed by atoms with Gasteiger partial charge in [0.1, 0.15) is 18.4 Å². The second-order valence-electron chi connectivity index (χ2n) is 9.00. The van der Waals surface area contributed by atoms with E-state index >= 15 is 0 Å². The van der Waals surface area contributed by atoms with E-state index in [9.17, 15) is 28.8 Å². The van der Waals surface area contributed by atoms with Gasteiger partial charge in [-0.15, -0.1) is 11.8 Å². The van der Waals surface area contributed by atoms with Crippen molar-refractivity contribution in [1.82, 2.24) is 20.0 Å². The maximum atomic E-state index is 12.4. The Morgan fingerprint density at radius 2 is 1.37 bits per heavy atom. The molecular formula is C28H30N4O7S2. The fourth-order valence-corrected chi connectivity index (χ4v) is 5.85. The summed E-state index contributed by atoms with van der Waals surface area (Å²) in [5.74, 6) is -1.66. The number of thiol groups is 1. The van der Waals surface area contributed by atoms with Gasteiger partial charge in [0, 0.05) is 25.6 Å². The highest BCUT2D eigenvalue weighted by Crippen LogP contribution is 2.31. The Morgan fingerprint density at radius 3 is 1.76 bits per heavy atom. The topological polar surface area (TPSA) is 141 Å². The van der Waals surface area contributed by atoms with Gasteiger partial charge in [-0.25, -0.2) is 0 Å². The molecular weight excluding hydrogens is 568 g/mol. The van der Waals surface area contributed by atoms with E-state index in [2.05, 4.69) is 17.9 Å². The number of rotatable bonds is 4. The molecule has 0 saturated carbocycles. The zero-order valence-corrected chi connectivity index (χ0v) is 24.6. The van der Waals surface area contributed by atoms with E-state index in [1.54, 1.807) is 72.2 Å². The average Bonchev–Trinajstić information content (AvgIpc) is 3.38. The van der Waals surface area contributed by atoms with Crippen molar-refractivity contribution in [1.29, 1.82) is 0 Å². The monoisotopic (exact) mass is 598 g/mol. The fraction of sp³-hybridized carbons (Fsp3) is 0.321. The smallest absolute Gasteiger partial charge is 0.262 e. The van der Waals surface area contributed by atoms with Crippen LogP contribution in [0.15, 0.2) is 48.5 Å². The molecule has 0 aliphatic carbocycles. The minimum atomic E-state index is -0.884. The third-order valence-corrected chi connectivity index (χ3v) is 8.32. The summed E-state index contributed by atoms with van der Waals surface area (Å²) in [6.07, 6.45) is 0.750. The first kappa shape index (κ1) is 31.6. The molecule has 13 heteroatoms. The number of carbonyl (C=O) groups excluding carboxylic acids is 7. The average molecular weight is 599 g/mol. The Morgan fingerprint density at radius 1 is 0.951 bits per heavy atom. The lowest BCUT2D eigenvalue weighted by Gasteiger charge is -2.37. The van der Waals surface area contributed by atoms with E-state index in [4.69, 9.17) is 4.79 Å². The molecule has 216 valence electrons. The fourth-order valence-electron chi connectivity index (χ4n) is 4.44. The van der Waals surface area contributed by atoms with Crippen molar-refractivity contribution < 1.29 is 33.6 Å². The summed E-state index contributed by atoms with van der Waals surface area (Å²) in [6.45, 7) is 3.38. The number of imide groups is 2. The van der Waals surface area contributed by atoms with Gasteiger partial charge in [-0.3, -0.25) is 38.6 Å². The molecule has 0 aromatic heterocycles. The zero-order valence-electron chi connectivity index (χ0n) is 22.9. The number of thioether (sulfide) groups is 1. The lowest BCUT2D eigenvalue weighted by molar-refractivity contribution is -0.134. The van der Waals surface area contributed by atoms with Crippen LogP contribution in [0.1, 0.15) is 55.3 Å². The van der Waals surface area contributed by atoms with Crippen molar-refractivity contribution in [2.75, 3.05) is 25.6 Å². The minimum absolute atomic E-state index is 0.0638. The number of benzene rings is 2. The highest BCUT2D eigenvalue weighted by atomic mass is 32.2. The molecule has 1 saturated heterocycles. The van der Waals surface area contributed by atoms with Crippen molar-refractivity contribution in [2.24, 2.45) is 0 Å². The Bertz CT molecular complexity index is 1330. The second-order valence-corrected chi connectivity index (χ2v) is 10.7. The van der Waals surface area contributed by atoms with Gasteiger partial charge in [-0.05, 0) is 38.1 Å². The van der Waals surface area contributed by atoms with Crippen LogP contribution in [-0.2, 0) is 14.4 Å². The van der Waals surface area contributed by atoms with Crippen molar-refractivity contribution in [3.63, 3.8) is 0 Å². The molecule has 0 spiro atoms. The summed E-state index contributed by atoms with van der Waals surface area (Å²) in [6, 6.07) is 11.6. The maximum Gasteiger partial charge on any atom is 0.262 e. The first-order chi connectivity index (χ1) is 19.5. The third kappa shape index (κ3) is 6.05. The number of aldehydes is 1. The van der Waals surface area contributed by atoms with Crippen LogP contribution in [0.5, 0.6) is 0 Å². The van der Waals surface area contributed by atoms with E-state index in [0.717, 1.165) is 16.1 Å². The molecule has 3 unspecified atom stereocenters. The molecule has 0 radical (unpaired) electrons. The van der Waals surface area contributed by atoms with Crippen LogP contribution in [0, 0.1) is 0 Å².